The molecule has 4 rings (SSSR count). The molecule has 5 nitrogen and oxygen atoms in total. The summed E-state index contributed by atoms with van der Waals surface area (Å²) >= 11 is 0. The number of benzene rings is 2. The van der Waals surface area contributed by atoms with Crippen molar-refractivity contribution in [3.05, 3.63) is 48.2 Å². The van der Waals surface area contributed by atoms with Gasteiger partial charge < -0.3 is 14.1 Å². The molecule has 0 aliphatic carbocycles. The van der Waals surface area contributed by atoms with E-state index in [1.165, 1.54) is 0 Å². The van der Waals surface area contributed by atoms with Crippen molar-refractivity contribution in [1.82, 2.24) is 4.98 Å². The largest absolute Gasteiger partial charge is 0.419 e. The minimum Gasteiger partial charge on any atom is -0.419 e. The Labute approximate surface area is 146 Å². The van der Waals surface area contributed by atoms with E-state index in [1.54, 1.807) is 0 Å². The third-order valence-corrected chi connectivity index (χ3v) is 4.44. The summed E-state index contributed by atoms with van der Waals surface area (Å²) in [5.74, 6) is 1.02. The number of hydrogen-bond donors (Lipinski definition) is 0. The Morgan fingerprint density at radius 3 is 2.56 bits per heavy atom. The van der Waals surface area contributed by atoms with Gasteiger partial charge in [-0.25, -0.2) is 0 Å². The van der Waals surface area contributed by atoms with Gasteiger partial charge in [0.2, 0.25) is 17.5 Å². The van der Waals surface area contributed by atoms with Gasteiger partial charge in [-0.05, 0) is 30.7 Å². The van der Waals surface area contributed by atoms with Crippen LogP contribution in [0.15, 0.2) is 46.9 Å². The lowest BCUT2D eigenvalue weighted by molar-refractivity contribution is -0.00638. The number of fused-ring (bicyclic) bond motifs is 1. The summed E-state index contributed by atoms with van der Waals surface area (Å²) in [7, 11) is 0. The molecular formula is C20H19N3O2. The van der Waals surface area contributed by atoms with E-state index in [2.05, 4.69) is 28.1 Å². The number of hydrogen-bond acceptors (Lipinski definition) is 5. The van der Waals surface area contributed by atoms with Crippen molar-refractivity contribution in [2.75, 3.05) is 18.0 Å². The van der Waals surface area contributed by atoms with Gasteiger partial charge in [0.15, 0.2) is 0 Å². The van der Waals surface area contributed by atoms with Gasteiger partial charge in [0.1, 0.15) is 6.07 Å². The van der Waals surface area contributed by atoms with E-state index >= 15 is 0 Å². The Hall–Kier alpha value is -2.84. The number of aromatic nitrogens is 1. The van der Waals surface area contributed by atoms with Crippen LogP contribution in [0.2, 0.25) is 0 Å². The quantitative estimate of drug-likeness (QED) is 0.710. The Morgan fingerprint density at radius 2 is 1.80 bits per heavy atom. The molecule has 25 heavy (non-hydrogen) atoms. The van der Waals surface area contributed by atoms with E-state index in [1.807, 2.05) is 44.2 Å². The van der Waals surface area contributed by atoms with Crippen LogP contribution in [0.5, 0.6) is 0 Å². The number of anilines is 1. The maximum Gasteiger partial charge on any atom is 0.235 e. The molecule has 2 heterocycles. The molecule has 0 saturated carbocycles. The molecule has 0 unspecified atom stereocenters. The van der Waals surface area contributed by atoms with Crippen LogP contribution < -0.4 is 4.90 Å². The molecule has 0 amide bonds. The third kappa shape index (κ3) is 2.86. The molecule has 1 aliphatic rings. The number of ether oxygens (including phenoxy) is 1. The lowest BCUT2D eigenvalue weighted by Crippen LogP contribution is -2.45. The molecule has 126 valence electrons. The molecule has 2 atom stereocenters. The molecule has 0 radical (unpaired) electrons. The lowest BCUT2D eigenvalue weighted by atomic mass is 10.0. The molecule has 1 aliphatic heterocycles. The Bertz CT molecular complexity index is 942. The van der Waals surface area contributed by atoms with Crippen LogP contribution >= 0.6 is 0 Å². The Morgan fingerprint density at radius 1 is 1.08 bits per heavy atom. The van der Waals surface area contributed by atoms with Crippen LogP contribution in [0.4, 0.5) is 5.88 Å². The summed E-state index contributed by atoms with van der Waals surface area (Å²) in [5.41, 5.74) is 1.22. The normalized spacial score (nSPS) is 20.6. The molecule has 2 aromatic carbocycles. The zero-order chi connectivity index (χ0) is 17.4. The first-order valence-electron chi connectivity index (χ1n) is 8.45. The summed E-state index contributed by atoms with van der Waals surface area (Å²) in [6, 6.07) is 16.3. The SMILES string of the molecule is C[C@H]1CN(c2oc(-c3cccc4ccccc34)nc2C#N)C[C@H](C)O1. The topological polar surface area (TPSA) is 62.3 Å². The van der Waals surface area contributed by atoms with E-state index in [0.29, 0.717) is 30.6 Å². The van der Waals surface area contributed by atoms with Crippen LogP contribution in [0.25, 0.3) is 22.2 Å². The van der Waals surface area contributed by atoms with Gasteiger partial charge in [0.05, 0.1) is 12.2 Å². The predicted octanol–water partition coefficient (Wildman–Crippen LogP) is 3.98. The highest BCUT2D eigenvalue weighted by atomic mass is 16.5. The van der Waals surface area contributed by atoms with Crippen LogP contribution in [0.1, 0.15) is 19.5 Å². The van der Waals surface area contributed by atoms with E-state index in [9.17, 15) is 5.26 Å². The first kappa shape index (κ1) is 15.7. The maximum atomic E-state index is 9.52. The van der Waals surface area contributed by atoms with Gasteiger partial charge in [-0.2, -0.15) is 10.2 Å². The fourth-order valence-corrected chi connectivity index (χ4v) is 3.47. The summed E-state index contributed by atoms with van der Waals surface area (Å²) in [6.07, 6.45) is 0.169. The summed E-state index contributed by atoms with van der Waals surface area (Å²) < 4.78 is 11.8. The molecule has 1 fully saturated rings. The summed E-state index contributed by atoms with van der Waals surface area (Å²) in [6.45, 7) is 5.42. The van der Waals surface area contributed by atoms with Gasteiger partial charge in [0, 0.05) is 18.7 Å². The number of oxazole rings is 1. The molecule has 1 aromatic heterocycles. The van der Waals surface area contributed by atoms with Gasteiger partial charge in [0.25, 0.3) is 0 Å². The standard InChI is InChI=1S/C20H19N3O2/c1-13-11-23(12-14(2)24-13)20-18(10-21)22-19(25-20)17-9-5-7-15-6-3-4-8-16(15)17/h3-9,13-14H,11-12H2,1-2H3/t13-,14-/m0/s1. The minimum atomic E-state index is 0.0846. The second-order valence-corrected chi connectivity index (χ2v) is 6.47. The van der Waals surface area contributed by atoms with Crippen molar-refractivity contribution < 1.29 is 9.15 Å². The average Bonchev–Trinajstić information content (AvgIpc) is 3.04. The van der Waals surface area contributed by atoms with Crippen molar-refractivity contribution in [3.63, 3.8) is 0 Å². The van der Waals surface area contributed by atoms with Crippen molar-refractivity contribution >= 4 is 16.7 Å². The highest BCUT2D eigenvalue weighted by Gasteiger charge is 2.28. The van der Waals surface area contributed by atoms with Gasteiger partial charge in [-0.3, -0.25) is 0 Å². The van der Waals surface area contributed by atoms with Crippen molar-refractivity contribution in [2.45, 2.75) is 26.1 Å². The first-order chi connectivity index (χ1) is 12.2. The molecule has 1 saturated heterocycles. The average molecular weight is 333 g/mol. The van der Waals surface area contributed by atoms with E-state index in [4.69, 9.17) is 9.15 Å². The van der Waals surface area contributed by atoms with Crippen LogP contribution in [-0.4, -0.2) is 30.3 Å². The van der Waals surface area contributed by atoms with E-state index < -0.39 is 0 Å². The number of morpholine rings is 1. The number of rotatable bonds is 2. The monoisotopic (exact) mass is 333 g/mol. The van der Waals surface area contributed by atoms with E-state index in [0.717, 1.165) is 16.3 Å². The van der Waals surface area contributed by atoms with Gasteiger partial charge >= 0.3 is 0 Å². The van der Waals surface area contributed by atoms with Crippen LogP contribution in [0.3, 0.4) is 0 Å². The molecule has 0 spiro atoms. The number of nitriles is 1. The van der Waals surface area contributed by atoms with Gasteiger partial charge in [-0.1, -0.05) is 36.4 Å². The molecule has 0 bridgehead atoms. The Balaban J connectivity index is 1.80. The van der Waals surface area contributed by atoms with Gasteiger partial charge in [-0.15, -0.1) is 0 Å². The minimum absolute atomic E-state index is 0.0846. The highest BCUT2D eigenvalue weighted by molar-refractivity contribution is 5.94. The zero-order valence-electron chi connectivity index (χ0n) is 14.3. The van der Waals surface area contributed by atoms with Crippen LogP contribution in [-0.2, 0) is 4.74 Å². The second kappa shape index (κ2) is 6.23. The van der Waals surface area contributed by atoms with Crippen molar-refractivity contribution in [1.29, 1.82) is 5.26 Å². The first-order valence-corrected chi connectivity index (χ1v) is 8.45. The second-order valence-electron chi connectivity index (χ2n) is 6.47. The predicted molar refractivity (Wildman–Crippen MR) is 96.4 cm³/mol. The summed E-state index contributed by atoms with van der Waals surface area (Å²) in [4.78, 5) is 6.52. The fourth-order valence-electron chi connectivity index (χ4n) is 3.47. The molecule has 3 aromatic rings. The number of nitrogens with zero attached hydrogens (tertiary/aromatic N) is 3. The van der Waals surface area contributed by atoms with Crippen LogP contribution in [0, 0.1) is 11.3 Å². The highest BCUT2D eigenvalue weighted by Crippen LogP contribution is 2.33. The smallest absolute Gasteiger partial charge is 0.235 e. The van der Waals surface area contributed by atoms with E-state index in [-0.39, 0.29) is 12.2 Å². The van der Waals surface area contributed by atoms with Crippen molar-refractivity contribution in [3.8, 4) is 17.5 Å². The zero-order valence-corrected chi connectivity index (χ0v) is 14.3. The molecule has 5 heteroatoms. The fraction of sp³-hybridized carbons (Fsp3) is 0.300. The lowest BCUT2D eigenvalue weighted by Gasteiger charge is -2.34. The Kier molecular flexibility index (Phi) is 3.90. The third-order valence-electron chi connectivity index (χ3n) is 4.44. The summed E-state index contributed by atoms with van der Waals surface area (Å²) in [5, 5.41) is 11.7. The maximum absolute atomic E-state index is 9.52. The molecular weight excluding hydrogens is 314 g/mol. The van der Waals surface area contributed by atoms with Crippen molar-refractivity contribution in [2.24, 2.45) is 0 Å². The molecule has 0 N–H and O–H groups in total.